The van der Waals surface area contributed by atoms with Gasteiger partial charge < -0.3 is 20.3 Å². The summed E-state index contributed by atoms with van der Waals surface area (Å²) >= 11 is 1.51. The first-order valence-corrected chi connectivity index (χ1v) is 11.2. The number of ether oxygens (including phenoxy) is 1. The Hall–Kier alpha value is -2.97. The molecule has 0 spiro atoms. The molecule has 2 amide bonds. The minimum Gasteiger partial charge on any atom is -0.383 e. The molecule has 0 bridgehead atoms. The van der Waals surface area contributed by atoms with E-state index in [0.29, 0.717) is 37.6 Å². The van der Waals surface area contributed by atoms with Crippen molar-refractivity contribution in [2.24, 2.45) is 0 Å². The lowest BCUT2D eigenvalue weighted by Gasteiger charge is -2.17. The van der Waals surface area contributed by atoms with Crippen molar-refractivity contribution in [3.63, 3.8) is 0 Å². The minimum atomic E-state index is -0.0779. The molecule has 1 saturated heterocycles. The number of rotatable bonds is 7. The van der Waals surface area contributed by atoms with Crippen molar-refractivity contribution in [2.45, 2.75) is 12.3 Å². The molecule has 4 rings (SSSR count). The summed E-state index contributed by atoms with van der Waals surface area (Å²) in [6.07, 6.45) is 2.47. The Bertz CT molecular complexity index is 1100. The Morgan fingerprint density at radius 2 is 2.13 bits per heavy atom. The molecule has 1 fully saturated rings. The lowest BCUT2D eigenvalue weighted by molar-refractivity contribution is 0.0790. The fourth-order valence-electron chi connectivity index (χ4n) is 4.05. The van der Waals surface area contributed by atoms with Gasteiger partial charge in [-0.2, -0.15) is 0 Å². The van der Waals surface area contributed by atoms with Crippen molar-refractivity contribution in [3.05, 3.63) is 58.6 Å². The summed E-state index contributed by atoms with van der Waals surface area (Å²) in [5.41, 5.74) is 1.67. The van der Waals surface area contributed by atoms with Gasteiger partial charge in [0.2, 0.25) is 0 Å². The number of hydrogen-bond donors (Lipinski definition) is 2. The quantitative estimate of drug-likeness (QED) is 0.553. The van der Waals surface area contributed by atoms with Crippen LogP contribution in [0.2, 0.25) is 0 Å². The van der Waals surface area contributed by atoms with Crippen LogP contribution in [-0.2, 0) is 4.74 Å². The molecule has 1 aliphatic rings. The van der Waals surface area contributed by atoms with Gasteiger partial charge in [-0.15, -0.1) is 11.3 Å². The second-order valence-corrected chi connectivity index (χ2v) is 8.56. The second kappa shape index (κ2) is 9.45. The summed E-state index contributed by atoms with van der Waals surface area (Å²) in [6, 6.07) is 11.6. The first-order valence-electron chi connectivity index (χ1n) is 10.3. The van der Waals surface area contributed by atoms with Crippen LogP contribution in [0, 0.1) is 0 Å². The molecule has 7 nitrogen and oxygen atoms in total. The third-order valence-electron chi connectivity index (χ3n) is 5.58. The number of thiophene rings is 1. The molecular formula is C23H26N4O3S. The van der Waals surface area contributed by atoms with Crippen LogP contribution in [0.3, 0.4) is 0 Å². The van der Waals surface area contributed by atoms with E-state index < -0.39 is 0 Å². The van der Waals surface area contributed by atoms with Gasteiger partial charge in [-0.1, -0.05) is 18.2 Å². The Balaban J connectivity index is 1.59. The molecule has 1 aromatic carbocycles. The Morgan fingerprint density at radius 3 is 2.94 bits per heavy atom. The molecule has 31 heavy (non-hydrogen) atoms. The summed E-state index contributed by atoms with van der Waals surface area (Å²) in [7, 11) is 3.40. The highest BCUT2D eigenvalue weighted by atomic mass is 32.1. The van der Waals surface area contributed by atoms with Crippen LogP contribution in [0.4, 0.5) is 5.82 Å². The van der Waals surface area contributed by atoms with E-state index >= 15 is 0 Å². The van der Waals surface area contributed by atoms with E-state index in [1.54, 1.807) is 32.5 Å². The number of likely N-dealkylation sites (tertiary alicyclic amines) is 1. The van der Waals surface area contributed by atoms with Crippen molar-refractivity contribution in [1.29, 1.82) is 0 Å². The average molecular weight is 439 g/mol. The largest absolute Gasteiger partial charge is 0.383 e. The number of nitrogens with one attached hydrogen (secondary N) is 2. The van der Waals surface area contributed by atoms with Crippen LogP contribution in [0.25, 0.3) is 10.1 Å². The van der Waals surface area contributed by atoms with E-state index in [-0.39, 0.29) is 17.7 Å². The number of nitrogens with zero attached hydrogens (tertiary/aromatic N) is 2. The Labute approximate surface area is 185 Å². The number of methoxy groups -OCH3 is 1. The van der Waals surface area contributed by atoms with E-state index in [1.165, 1.54) is 11.3 Å². The number of fused-ring (bicyclic) bond motifs is 1. The number of pyridine rings is 1. The van der Waals surface area contributed by atoms with Gasteiger partial charge in [0.25, 0.3) is 11.8 Å². The molecule has 0 radical (unpaired) electrons. The van der Waals surface area contributed by atoms with Gasteiger partial charge >= 0.3 is 0 Å². The van der Waals surface area contributed by atoms with Gasteiger partial charge in [-0.05, 0) is 35.6 Å². The Kier molecular flexibility index (Phi) is 6.48. The lowest BCUT2D eigenvalue weighted by atomic mass is 9.95. The maximum atomic E-state index is 13.1. The zero-order chi connectivity index (χ0) is 21.8. The van der Waals surface area contributed by atoms with Gasteiger partial charge in [-0.3, -0.25) is 9.59 Å². The van der Waals surface area contributed by atoms with Gasteiger partial charge in [0.1, 0.15) is 5.82 Å². The van der Waals surface area contributed by atoms with Crippen LogP contribution >= 0.6 is 11.3 Å². The van der Waals surface area contributed by atoms with Crippen LogP contribution in [0.1, 0.15) is 37.9 Å². The van der Waals surface area contributed by atoms with Crippen LogP contribution in [0.15, 0.2) is 42.6 Å². The summed E-state index contributed by atoms with van der Waals surface area (Å²) in [5, 5.41) is 7.02. The second-order valence-electron chi connectivity index (χ2n) is 7.51. The molecule has 1 atom stereocenters. The van der Waals surface area contributed by atoms with Gasteiger partial charge in [0, 0.05) is 56.2 Å². The average Bonchev–Trinajstić information content (AvgIpc) is 3.43. The van der Waals surface area contributed by atoms with Crippen molar-refractivity contribution >= 4 is 39.1 Å². The smallest absolute Gasteiger partial charge is 0.261 e. The molecular weight excluding hydrogens is 412 g/mol. The molecule has 2 N–H and O–H groups in total. The summed E-state index contributed by atoms with van der Waals surface area (Å²) < 4.78 is 6.14. The van der Waals surface area contributed by atoms with Crippen molar-refractivity contribution in [1.82, 2.24) is 15.2 Å². The van der Waals surface area contributed by atoms with Gasteiger partial charge in [0.05, 0.1) is 11.5 Å². The number of amides is 2. The molecule has 0 aliphatic carbocycles. The number of anilines is 1. The van der Waals surface area contributed by atoms with Crippen molar-refractivity contribution in [3.8, 4) is 0 Å². The predicted octanol–water partition coefficient (Wildman–Crippen LogP) is 3.34. The number of carbonyl (C=O) groups is 2. The monoisotopic (exact) mass is 438 g/mol. The molecule has 8 heteroatoms. The minimum absolute atomic E-state index is 0.00738. The fraction of sp³-hybridized carbons (Fsp3) is 0.348. The van der Waals surface area contributed by atoms with Gasteiger partial charge in [0.15, 0.2) is 0 Å². The predicted molar refractivity (Wildman–Crippen MR) is 123 cm³/mol. The maximum absolute atomic E-state index is 13.1. The topological polar surface area (TPSA) is 83.6 Å². The van der Waals surface area contributed by atoms with Crippen LogP contribution in [-0.4, -0.2) is 62.1 Å². The molecule has 2 aromatic heterocycles. The highest BCUT2D eigenvalue weighted by Gasteiger charge is 2.33. The fourth-order valence-corrected chi connectivity index (χ4v) is 5.26. The molecule has 1 aliphatic heterocycles. The highest BCUT2D eigenvalue weighted by Crippen LogP contribution is 2.40. The number of carbonyl (C=O) groups excluding carboxylic acids is 2. The molecule has 3 aromatic rings. The zero-order valence-corrected chi connectivity index (χ0v) is 18.5. The highest BCUT2D eigenvalue weighted by molar-refractivity contribution is 7.21. The number of benzene rings is 1. The summed E-state index contributed by atoms with van der Waals surface area (Å²) in [6.45, 7) is 2.19. The van der Waals surface area contributed by atoms with Crippen molar-refractivity contribution < 1.29 is 14.3 Å². The van der Waals surface area contributed by atoms with Crippen molar-refractivity contribution in [2.75, 3.05) is 45.7 Å². The SMILES string of the molecule is CNc1cc(C(=O)N2CC[C@H](c3c(C(=O)NCCOC)sc4ccccc34)C2)ccn1. The third-order valence-corrected chi connectivity index (χ3v) is 6.76. The van der Waals surface area contributed by atoms with E-state index in [2.05, 4.69) is 21.7 Å². The third kappa shape index (κ3) is 4.40. The number of aromatic nitrogens is 1. The zero-order valence-electron chi connectivity index (χ0n) is 17.7. The van der Waals surface area contributed by atoms with Gasteiger partial charge in [-0.25, -0.2) is 4.98 Å². The lowest BCUT2D eigenvalue weighted by Crippen LogP contribution is -2.29. The maximum Gasteiger partial charge on any atom is 0.261 e. The van der Waals surface area contributed by atoms with E-state index in [4.69, 9.17) is 4.74 Å². The van der Waals surface area contributed by atoms with E-state index in [1.807, 2.05) is 23.1 Å². The van der Waals surface area contributed by atoms with E-state index in [9.17, 15) is 9.59 Å². The summed E-state index contributed by atoms with van der Waals surface area (Å²) in [4.78, 5) is 32.8. The molecule has 0 unspecified atom stereocenters. The standard InChI is InChI=1S/C23H26N4O3S/c1-24-19-13-15(7-9-25-19)23(29)27-11-8-16(14-27)20-17-5-3-4-6-18(17)31-21(20)22(28)26-10-12-30-2/h3-7,9,13,16H,8,10-12,14H2,1-2H3,(H,24,25)(H,26,28)/t16-/m0/s1. The van der Waals surface area contributed by atoms with E-state index in [0.717, 1.165) is 26.9 Å². The first kappa shape index (κ1) is 21.3. The molecule has 3 heterocycles. The Morgan fingerprint density at radius 1 is 1.29 bits per heavy atom. The first-order chi connectivity index (χ1) is 15.1. The molecule has 162 valence electrons. The normalized spacial score (nSPS) is 15.9. The summed E-state index contributed by atoms with van der Waals surface area (Å²) in [5.74, 6) is 0.701. The number of hydrogen-bond acceptors (Lipinski definition) is 6. The van der Waals surface area contributed by atoms with Crippen LogP contribution in [0.5, 0.6) is 0 Å². The molecule has 0 saturated carbocycles. The van der Waals surface area contributed by atoms with Crippen LogP contribution < -0.4 is 10.6 Å².